The molecule has 1 saturated heterocycles. The predicted octanol–water partition coefficient (Wildman–Crippen LogP) is 6.19. The summed E-state index contributed by atoms with van der Waals surface area (Å²) in [6, 6.07) is 0. The largest absolute Gasteiger partial charge is 0.464 e. The first-order chi connectivity index (χ1) is 11.8. The summed E-state index contributed by atoms with van der Waals surface area (Å²) in [5.74, 6) is -0.170. The summed E-state index contributed by atoms with van der Waals surface area (Å²) in [5, 5.41) is 0. The van der Waals surface area contributed by atoms with Crippen molar-refractivity contribution in [2.75, 3.05) is 13.2 Å². The van der Waals surface area contributed by atoms with E-state index in [0.29, 0.717) is 13.2 Å². The average molecular weight is 341 g/mol. The van der Waals surface area contributed by atoms with Crippen molar-refractivity contribution < 1.29 is 14.3 Å². The first-order valence-electron chi connectivity index (χ1n) is 10.6. The minimum atomic E-state index is -0.244. The van der Waals surface area contributed by atoms with E-state index in [4.69, 9.17) is 9.47 Å². The zero-order chi connectivity index (χ0) is 17.3. The third-order valence-corrected chi connectivity index (χ3v) is 4.84. The lowest BCUT2D eigenvalue weighted by molar-refractivity contribution is -0.145. The second-order valence-electron chi connectivity index (χ2n) is 7.29. The van der Waals surface area contributed by atoms with Crippen LogP contribution in [0.15, 0.2) is 0 Å². The minimum absolute atomic E-state index is 0.170. The van der Waals surface area contributed by atoms with Crippen molar-refractivity contribution in [3.8, 4) is 0 Å². The second kappa shape index (κ2) is 15.9. The Labute approximate surface area is 149 Å². The summed E-state index contributed by atoms with van der Waals surface area (Å²) in [4.78, 5) is 11.2. The van der Waals surface area contributed by atoms with Crippen LogP contribution in [-0.2, 0) is 14.3 Å². The summed E-state index contributed by atoms with van der Waals surface area (Å²) in [5.41, 5.74) is 0. The zero-order valence-corrected chi connectivity index (χ0v) is 16.0. The molecule has 1 rings (SSSR count). The Morgan fingerprint density at radius 1 is 0.750 bits per heavy atom. The molecule has 1 heterocycles. The highest BCUT2D eigenvalue weighted by atomic mass is 16.6. The van der Waals surface area contributed by atoms with Gasteiger partial charge in [0.05, 0.1) is 13.2 Å². The van der Waals surface area contributed by atoms with Crippen LogP contribution >= 0.6 is 0 Å². The van der Waals surface area contributed by atoms with E-state index in [1.807, 2.05) is 0 Å². The Hall–Kier alpha value is -0.570. The molecule has 0 N–H and O–H groups in total. The van der Waals surface area contributed by atoms with Gasteiger partial charge in [-0.25, -0.2) is 4.79 Å². The van der Waals surface area contributed by atoms with E-state index in [1.54, 1.807) is 0 Å². The van der Waals surface area contributed by atoms with Gasteiger partial charge in [0.25, 0.3) is 0 Å². The van der Waals surface area contributed by atoms with Crippen LogP contribution < -0.4 is 0 Å². The topological polar surface area (TPSA) is 38.8 Å². The first-order valence-corrected chi connectivity index (χ1v) is 10.6. The highest BCUT2D eigenvalue weighted by molar-refractivity contribution is 5.76. The van der Waals surface area contributed by atoms with Crippen molar-refractivity contribution in [1.82, 2.24) is 0 Å². The second-order valence-corrected chi connectivity index (χ2v) is 7.29. The van der Waals surface area contributed by atoms with Gasteiger partial charge in [0.15, 0.2) is 6.10 Å². The molecule has 1 aliphatic rings. The fourth-order valence-electron chi connectivity index (χ4n) is 3.10. The van der Waals surface area contributed by atoms with E-state index in [-0.39, 0.29) is 12.1 Å². The molecule has 1 fully saturated rings. The fraction of sp³-hybridized carbons (Fsp3) is 0.952. The molecular weight excluding hydrogens is 300 g/mol. The quantitative estimate of drug-likeness (QED) is 0.170. The minimum Gasteiger partial charge on any atom is -0.464 e. The monoisotopic (exact) mass is 340 g/mol. The maximum atomic E-state index is 11.2. The summed E-state index contributed by atoms with van der Waals surface area (Å²) < 4.78 is 10.0. The maximum Gasteiger partial charge on any atom is 0.337 e. The summed E-state index contributed by atoms with van der Waals surface area (Å²) in [6.45, 7) is 3.40. The lowest BCUT2D eigenvalue weighted by Crippen LogP contribution is -2.12. The zero-order valence-electron chi connectivity index (χ0n) is 16.0. The van der Waals surface area contributed by atoms with Gasteiger partial charge in [0.1, 0.15) is 0 Å². The Morgan fingerprint density at radius 3 is 1.50 bits per heavy atom. The third-order valence-electron chi connectivity index (χ3n) is 4.84. The normalized spacial score (nSPS) is 16.3. The van der Waals surface area contributed by atoms with E-state index < -0.39 is 0 Å². The van der Waals surface area contributed by atoms with Crippen LogP contribution in [0.5, 0.6) is 0 Å². The Bertz CT molecular complexity index is 287. The number of epoxide rings is 1. The Balaban J connectivity index is 1.64. The van der Waals surface area contributed by atoms with Gasteiger partial charge in [-0.05, 0) is 6.42 Å². The predicted molar refractivity (Wildman–Crippen MR) is 100 cm³/mol. The van der Waals surface area contributed by atoms with Crippen molar-refractivity contribution in [2.24, 2.45) is 0 Å². The van der Waals surface area contributed by atoms with Crippen LogP contribution in [-0.4, -0.2) is 25.3 Å². The highest BCUT2D eigenvalue weighted by Crippen LogP contribution is 2.14. The van der Waals surface area contributed by atoms with Gasteiger partial charge < -0.3 is 9.47 Å². The van der Waals surface area contributed by atoms with Crippen molar-refractivity contribution >= 4 is 5.97 Å². The SMILES string of the molecule is CCCCCCCCCCCCCCCCCCOC(=O)C1CO1. The van der Waals surface area contributed by atoms with Crippen LogP contribution in [0.2, 0.25) is 0 Å². The summed E-state index contributed by atoms with van der Waals surface area (Å²) >= 11 is 0. The molecule has 0 aromatic carbocycles. The van der Waals surface area contributed by atoms with Gasteiger partial charge in [-0.2, -0.15) is 0 Å². The molecule has 3 heteroatoms. The standard InChI is InChI=1S/C21H40O3/c1-2-3-4-5-6-7-8-9-10-11-12-13-14-15-16-17-18-23-21(22)20-19-24-20/h20H,2-19H2,1H3. The van der Waals surface area contributed by atoms with Crippen LogP contribution in [0.3, 0.4) is 0 Å². The van der Waals surface area contributed by atoms with Gasteiger partial charge in [-0.3, -0.25) is 0 Å². The maximum absolute atomic E-state index is 11.2. The smallest absolute Gasteiger partial charge is 0.337 e. The van der Waals surface area contributed by atoms with E-state index >= 15 is 0 Å². The number of carbonyl (C=O) groups is 1. The number of ether oxygens (including phenoxy) is 2. The highest BCUT2D eigenvalue weighted by Gasteiger charge is 2.32. The lowest BCUT2D eigenvalue weighted by Gasteiger charge is -2.04. The molecule has 1 aliphatic heterocycles. The van der Waals surface area contributed by atoms with Crippen LogP contribution in [0.4, 0.5) is 0 Å². The molecule has 3 nitrogen and oxygen atoms in total. The number of esters is 1. The van der Waals surface area contributed by atoms with Gasteiger partial charge >= 0.3 is 5.97 Å². The summed E-state index contributed by atoms with van der Waals surface area (Å²) in [6.07, 6.45) is 21.6. The molecule has 0 aromatic rings. The summed E-state index contributed by atoms with van der Waals surface area (Å²) in [7, 11) is 0. The van der Waals surface area contributed by atoms with E-state index in [2.05, 4.69) is 6.92 Å². The Morgan fingerprint density at radius 2 is 1.12 bits per heavy atom. The van der Waals surface area contributed by atoms with E-state index in [1.165, 1.54) is 96.3 Å². The third kappa shape index (κ3) is 13.8. The number of hydrogen-bond acceptors (Lipinski definition) is 3. The molecule has 1 unspecified atom stereocenters. The molecule has 0 aliphatic carbocycles. The molecule has 0 saturated carbocycles. The Kier molecular flexibility index (Phi) is 14.3. The number of hydrogen-bond donors (Lipinski definition) is 0. The van der Waals surface area contributed by atoms with Gasteiger partial charge in [0, 0.05) is 0 Å². The molecule has 1 atom stereocenters. The van der Waals surface area contributed by atoms with Crippen LogP contribution in [0.25, 0.3) is 0 Å². The molecule has 0 bridgehead atoms. The molecule has 24 heavy (non-hydrogen) atoms. The van der Waals surface area contributed by atoms with Crippen LogP contribution in [0.1, 0.15) is 110 Å². The van der Waals surface area contributed by atoms with Crippen molar-refractivity contribution in [3.05, 3.63) is 0 Å². The molecule has 142 valence electrons. The molecule has 0 amide bonds. The average Bonchev–Trinajstić information content (AvgIpc) is 3.42. The number of carbonyl (C=O) groups excluding carboxylic acids is 1. The van der Waals surface area contributed by atoms with Crippen molar-refractivity contribution in [1.29, 1.82) is 0 Å². The lowest BCUT2D eigenvalue weighted by atomic mass is 10.0. The van der Waals surface area contributed by atoms with Gasteiger partial charge in [-0.15, -0.1) is 0 Å². The van der Waals surface area contributed by atoms with Gasteiger partial charge in [-0.1, -0.05) is 103 Å². The number of unbranched alkanes of at least 4 members (excludes halogenated alkanes) is 15. The molecular formula is C21H40O3. The van der Waals surface area contributed by atoms with Crippen molar-refractivity contribution in [3.63, 3.8) is 0 Å². The molecule has 0 radical (unpaired) electrons. The van der Waals surface area contributed by atoms with Crippen molar-refractivity contribution in [2.45, 2.75) is 116 Å². The number of rotatable bonds is 18. The molecule has 0 aromatic heterocycles. The van der Waals surface area contributed by atoms with Crippen LogP contribution in [0, 0.1) is 0 Å². The first kappa shape index (κ1) is 21.5. The van der Waals surface area contributed by atoms with E-state index in [9.17, 15) is 4.79 Å². The fourth-order valence-corrected chi connectivity index (χ4v) is 3.10. The van der Waals surface area contributed by atoms with Gasteiger partial charge in [0.2, 0.25) is 0 Å². The van der Waals surface area contributed by atoms with E-state index in [0.717, 1.165) is 6.42 Å². The molecule has 0 spiro atoms.